The van der Waals surface area contributed by atoms with Crippen LogP contribution in [0.2, 0.25) is 0 Å². The van der Waals surface area contributed by atoms with Crippen molar-refractivity contribution in [2.24, 2.45) is 11.7 Å². The van der Waals surface area contributed by atoms with Crippen molar-refractivity contribution in [1.29, 1.82) is 0 Å². The smallest absolute Gasteiger partial charge is 0.155 e. The Balaban J connectivity index is 2.10. The third-order valence-corrected chi connectivity index (χ3v) is 5.14. The second kappa shape index (κ2) is 4.07. The van der Waals surface area contributed by atoms with Crippen LogP contribution in [0.1, 0.15) is 36.8 Å². The average Bonchev–Trinajstić information content (AvgIpc) is 2.94. The second-order valence-electron chi connectivity index (χ2n) is 5.15. The summed E-state index contributed by atoms with van der Waals surface area (Å²) in [5.41, 5.74) is 8.59. The topological polar surface area (TPSA) is 43.1 Å². The predicted molar refractivity (Wildman–Crippen MR) is 70.0 cm³/mol. The van der Waals surface area contributed by atoms with Crippen molar-refractivity contribution >= 4 is 17.1 Å². The quantitative estimate of drug-likeness (QED) is 0.873. The van der Waals surface area contributed by atoms with Gasteiger partial charge in [-0.1, -0.05) is 12.5 Å². The molecule has 1 heterocycles. The van der Waals surface area contributed by atoms with Crippen LogP contribution in [0.3, 0.4) is 0 Å². The molecule has 0 radical (unpaired) electrons. The summed E-state index contributed by atoms with van der Waals surface area (Å²) < 4.78 is 0. The number of hydrogen-bond donors (Lipinski definition) is 1. The Morgan fingerprint density at radius 2 is 2.35 bits per heavy atom. The van der Waals surface area contributed by atoms with E-state index in [1.807, 2.05) is 0 Å². The molecule has 1 aromatic heterocycles. The first-order chi connectivity index (χ1) is 8.26. The zero-order valence-electron chi connectivity index (χ0n) is 9.82. The Labute approximate surface area is 106 Å². The first kappa shape index (κ1) is 11.2. The summed E-state index contributed by atoms with van der Waals surface area (Å²) in [6, 6.07) is 0. The summed E-state index contributed by atoms with van der Waals surface area (Å²) in [4.78, 5) is 11.6. The standard InChI is InChI=1S/C14H17NOS/c15-7-10-8-17-9-13(10)14-4-1-2-11(14)6-12(16)3-5-14/h3,5,8-9,11H,1-2,4,6-7,15H2/t11-,14-/m0/s1. The maximum Gasteiger partial charge on any atom is 0.155 e. The summed E-state index contributed by atoms with van der Waals surface area (Å²) in [6.07, 6.45) is 8.25. The Morgan fingerprint density at radius 3 is 3.18 bits per heavy atom. The van der Waals surface area contributed by atoms with Crippen molar-refractivity contribution in [2.45, 2.75) is 37.6 Å². The summed E-state index contributed by atoms with van der Waals surface area (Å²) in [6.45, 7) is 0.606. The zero-order valence-corrected chi connectivity index (χ0v) is 10.6. The van der Waals surface area contributed by atoms with E-state index in [2.05, 4.69) is 16.8 Å². The number of hydrogen-bond acceptors (Lipinski definition) is 3. The molecule has 1 aromatic rings. The fourth-order valence-corrected chi connectivity index (χ4v) is 4.46. The molecular weight excluding hydrogens is 230 g/mol. The van der Waals surface area contributed by atoms with Gasteiger partial charge in [-0.3, -0.25) is 4.79 Å². The first-order valence-corrected chi connectivity index (χ1v) is 7.18. The minimum Gasteiger partial charge on any atom is -0.326 e. The number of ketones is 1. The van der Waals surface area contributed by atoms with E-state index in [4.69, 9.17) is 5.73 Å². The molecule has 0 aliphatic heterocycles. The lowest BCUT2D eigenvalue weighted by molar-refractivity contribution is -0.116. The monoisotopic (exact) mass is 247 g/mol. The van der Waals surface area contributed by atoms with Crippen LogP contribution >= 0.6 is 11.3 Å². The van der Waals surface area contributed by atoms with Crippen LogP contribution < -0.4 is 5.73 Å². The van der Waals surface area contributed by atoms with E-state index in [1.165, 1.54) is 30.4 Å². The molecule has 0 bridgehead atoms. The molecule has 3 rings (SSSR count). The SMILES string of the molecule is NCc1cscc1[C@@]12C=CC(=O)C[C@@H]1CCC2. The summed E-state index contributed by atoms with van der Waals surface area (Å²) in [7, 11) is 0. The number of allylic oxidation sites excluding steroid dienone is 2. The lowest BCUT2D eigenvalue weighted by Gasteiger charge is -2.35. The highest BCUT2D eigenvalue weighted by Crippen LogP contribution is 2.51. The third-order valence-electron chi connectivity index (χ3n) is 4.35. The second-order valence-corrected chi connectivity index (χ2v) is 5.89. The fourth-order valence-electron chi connectivity index (χ4n) is 3.49. The van der Waals surface area contributed by atoms with Crippen molar-refractivity contribution in [3.05, 3.63) is 34.0 Å². The van der Waals surface area contributed by atoms with Crippen molar-refractivity contribution in [1.82, 2.24) is 0 Å². The van der Waals surface area contributed by atoms with Crippen molar-refractivity contribution in [2.75, 3.05) is 0 Å². The van der Waals surface area contributed by atoms with E-state index in [9.17, 15) is 4.79 Å². The van der Waals surface area contributed by atoms with Crippen molar-refractivity contribution < 1.29 is 4.79 Å². The highest BCUT2D eigenvalue weighted by molar-refractivity contribution is 7.08. The molecule has 1 fully saturated rings. The van der Waals surface area contributed by atoms with Crippen LogP contribution in [0, 0.1) is 5.92 Å². The molecule has 3 heteroatoms. The largest absolute Gasteiger partial charge is 0.326 e. The molecular formula is C14H17NOS. The van der Waals surface area contributed by atoms with Gasteiger partial charge in [0.2, 0.25) is 0 Å². The number of rotatable bonds is 2. The molecule has 2 atom stereocenters. The Hall–Kier alpha value is -0.930. The summed E-state index contributed by atoms with van der Waals surface area (Å²) >= 11 is 1.73. The summed E-state index contributed by atoms with van der Waals surface area (Å²) in [5.74, 6) is 0.789. The molecule has 90 valence electrons. The molecule has 2 nitrogen and oxygen atoms in total. The van der Waals surface area contributed by atoms with Crippen LogP contribution in [0.4, 0.5) is 0 Å². The Bertz CT molecular complexity index is 476. The lowest BCUT2D eigenvalue weighted by atomic mass is 9.67. The van der Waals surface area contributed by atoms with Crippen LogP contribution in [-0.2, 0) is 16.8 Å². The number of thiophene rings is 1. The predicted octanol–water partition coefficient (Wildman–Crippen LogP) is 2.77. The number of nitrogens with two attached hydrogens (primary N) is 1. The van der Waals surface area contributed by atoms with Gasteiger partial charge in [-0.05, 0) is 46.7 Å². The molecule has 1 saturated carbocycles. The van der Waals surface area contributed by atoms with E-state index >= 15 is 0 Å². The van der Waals surface area contributed by atoms with Gasteiger partial charge in [0, 0.05) is 18.4 Å². The highest BCUT2D eigenvalue weighted by atomic mass is 32.1. The van der Waals surface area contributed by atoms with Gasteiger partial charge in [0.15, 0.2) is 5.78 Å². The molecule has 0 spiro atoms. The Kier molecular flexibility index (Phi) is 2.68. The molecule has 2 aliphatic carbocycles. The van der Waals surface area contributed by atoms with Gasteiger partial charge in [-0.25, -0.2) is 0 Å². The van der Waals surface area contributed by atoms with E-state index in [-0.39, 0.29) is 11.2 Å². The molecule has 2 N–H and O–H groups in total. The van der Waals surface area contributed by atoms with Gasteiger partial charge in [-0.15, -0.1) is 0 Å². The molecule has 17 heavy (non-hydrogen) atoms. The highest BCUT2D eigenvalue weighted by Gasteiger charge is 2.45. The van der Waals surface area contributed by atoms with E-state index in [1.54, 1.807) is 17.4 Å². The lowest BCUT2D eigenvalue weighted by Crippen LogP contribution is -2.33. The van der Waals surface area contributed by atoms with Gasteiger partial charge in [0.05, 0.1) is 0 Å². The van der Waals surface area contributed by atoms with E-state index in [0.29, 0.717) is 12.5 Å². The summed E-state index contributed by atoms with van der Waals surface area (Å²) in [5, 5.41) is 4.39. The maximum absolute atomic E-state index is 11.6. The van der Waals surface area contributed by atoms with Gasteiger partial charge in [0.1, 0.15) is 0 Å². The van der Waals surface area contributed by atoms with Crippen LogP contribution in [0.25, 0.3) is 0 Å². The minimum atomic E-state index is 0.114. The number of carbonyl (C=O) groups excluding carboxylic acids is 1. The van der Waals surface area contributed by atoms with Crippen molar-refractivity contribution in [3.8, 4) is 0 Å². The van der Waals surface area contributed by atoms with Crippen molar-refractivity contribution in [3.63, 3.8) is 0 Å². The maximum atomic E-state index is 11.6. The van der Waals surface area contributed by atoms with Gasteiger partial charge in [-0.2, -0.15) is 11.3 Å². The molecule has 0 aromatic carbocycles. The average molecular weight is 247 g/mol. The zero-order chi connectivity index (χ0) is 11.9. The minimum absolute atomic E-state index is 0.114. The fraction of sp³-hybridized carbons (Fsp3) is 0.500. The van der Waals surface area contributed by atoms with Crippen LogP contribution in [-0.4, -0.2) is 5.78 Å². The van der Waals surface area contributed by atoms with E-state index < -0.39 is 0 Å². The molecule has 0 amide bonds. The molecule has 0 unspecified atom stereocenters. The number of fused-ring (bicyclic) bond motifs is 1. The van der Waals surface area contributed by atoms with Gasteiger partial charge in [0.25, 0.3) is 0 Å². The molecule has 2 aliphatic rings. The third kappa shape index (κ3) is 1.60. The van der Waals surface area contributed by atoms with Crippen LogP contribution in [0.15, 0.2) is 22.9 Å². The molecule has 0 saturated heterocycles. The Morgan fingerprint density at radius 1 is 1.47 bits per heavy atom. The normalized spacial score (nSPS) is 31.8. The first-order valence-electron chi connectivity index (χ1n) is 6.24. The van der Waals surface area contributed by atoms with Crippen LogP contribution in [0.5, 0.6) is 0 Å². The van der Waals surface area contributed by atoms with Gasteiger partial charge < -0.3 is 5.73 Å². The number of carbonyl (C=O) groups is 1. The van der Waals surface area contributed by atoms with Gasteiger partial charge >= 0.3 is 0 Å². The van der Waals surface area contributed by atoms with E-state index in [0.717, 1.165) is 6.42 Å².